The Balaban J connectivity index is 0.000000384. The van der Waals surface area contributed by atoms with Crippen LogP contribution in [-0.2, 0) is 44.6 Å². The van der Waals surface area contributed by atoms with E-state index in [1.807, 2.05) is 31.1 Å². The molecule has 38 heavy (non-hydrogen) atoms. The number of hydrogen-bond donors (Lipinski definition) is 0. The van der Waals surface area contributed by atoms with Gasteiger partial charge in [-0.05, 0) is 19.1 Å². The van der Waals surface area contributed by atoms with Gasteiger partial charge in [-0.3, -0.25) is 0 Å². The quantitative estimate of drug-likeness (QED) is 0.106. The van der Waals surface area contributed by atoms with E-state index in [1.165, 1.54) is 26.0 Å². The number of esters is 1. The van der Waals surface area contributed by atoms with Crippen LogP contribution >= 0.6 is 19.8 Å². The Labute approximate surface area is 231 Å². The summed E-state index contributed by atoms with van der Waals surface area (Å²) in [5.74, 6) is -0.422. The summed E-state index contributed by atoms with van der Waals surface area (Å²) < 4.78 is 41.3. The molecule has 0 aliphatic heterocycles. The Morgan fingerprint density at radius 3 is 2.08 bits per heavy atom. The number of imidazole rings is 1. The molecule has 0 unspecified atom stereocenters. The van der Waals surface area contributed by atoms with Crippen LogP contribution in [0.1, 0.15) is 55.2 Å². The summed E-state index contributed by atoms with van der Waals surface area (Å²) in [5, 5.41) is 0. The maximum absolute atomic E-state index is 12.3. The summed E-state index contributed by atoms with van der Waals surface area (Å²) in [6, 6.07) is 12.4. The van der Waals surface area contributed by atoms with Gasteiger partial charge in [-0.25, -0.2) is 8.42 Å². The van der Waals surface area contributed by atoms with Crippen LogP contribution in [0.2, 0.25) is 0 Å². The van der Waals surface area contributed by atoms with Gasteiger partial charge in [0.25, 0.3) is 0 Å². The van der Waals surface area contributed by atoms with Gasteiger partial charge in [-0.15, -0.1) is 0 Å². The molecule has 0 spiro atoms. The van der Waals surface area contributed by atoms with E-state index in [0.29, 0.717) is 5.56 Å². The Bertz CT molecular complexity index is 1350. The van der Waals surface area contributed by atoms with E-state index in [2.05, 4.69) is 11.5 Å². The van der Waals surface area contributed by atoms with Crippen molar-refractivity contribution in [1.29, 1.82) is 0 Å². The maximum Gasteiger partial charge on any atom is 0.124 e. The molecule has 3 rings (SSSR count). The molecule has 11 heteroatoms. The van der Waals surface area contributed by atoms with Gasteiger partial charge < -0.3 is 4.55 Å². The van der Waals surface area contributed by atoms with E-state index >= 15 is 0 Å². The molecule has 0 amide bonds. The molecule has 206 valence electrons. The van der Waals surface area contributed by atoms with Gasteiger partial charge in [-0.1, -0.05) is 31.0 Å². The SMILES string of the molecule is CCCC[n+]1cc(COC(=O)c2ccc(I(C(C)=O)C(C)=O)cc2)n(C)c1.Cc1ccc(S(=O)(=O)[O-])cc1. The number of nitrogens with zero attached hydrogens (tertiary/aromatic N) is 2. The van der Waals surface area contributed by atoms with Crippen LogP contribution < -0.4 is 4.57 Å². The largest absolute Gasteiger partial charge is 0.744 e. The van der Waals surface area contributed by atoms with Gasteiger partial charge in [0, 0.05) is 0 Å². The van der Waals surface area contributed by atoms with Crippen LogP contribution in [0.5, 0.6) is 0 Å². The van der Waals surface area contributed by atoms with Crippen molar-refractivity contribution >= 4 is 43.5 Å². The van der Waals surface area contributed by atoms with Crippen molar-refractivity contribution in [2.45, 2.75) is 58.6 Å². The third-order valence-electron chi connectivity index (χ3n) is 5.35. The summed E-state index contributed by atoms with van der Waals surface area (Å²) in [7, 11) is -2.34. The van der Waals surface area contributed by atoms with Crippen molar-refractivity contribution in [3.8, 4) is 0 Å². The van der Waals surface area contributed by atoms with Crippen molar-refractivity contribution < 1.29 is 36.7 Å². The van der Waals surface area contributed by atoms with Crippen LogP contribution in [0.15, 0.2) is 66.0 Å². The molecule has 3 aromatic rings. The summed E-state index contributed by atoms with van der Waals surface area (Å²) >= 11 is -2.50. The number of aryl methyl sites for hydroxylation is 3. The van der Waals surface area contributed by atoms with Crippen molar-refractivity contribution in [3.63, 3.8) is 0 Å². The number of rotatable bonds is 10. The first-order valence-corrected chi connectivity index (χ1v) is 16.5. The minimum absolute atomic E-state index is 0.0536. The summed E-state index contributed by atoms with van der Waals surface area (Å²) in [6.45, 7) is 8.02. The molecule has 0 saturated heterocycles. The fourth-order valence-electron chi connectivity index (χ4n) is 3.35. The Hall–Kier alpha value is -2.90. The molecule has 1 aromatic heterocycles. The third-order valence-corrected chi connectivity index (χ3v) is 11.2. The van der Waals surface area contributed by atoms with Gasteiger partial charge in [0.1, 0.15) is 10.1 Å². The summed E-state index contributed by atoms with van der Waals surface area (Å²) in [4.78, 5) is 35.6. The second kappa shape index (κ2) is 14.3. The standard InChI is InChI=1S/C20H26IN2O4.C7H8O3S/c1-5-6-11-23-12-19(22(4)14-23)13-27-20(26)17-7-9-18(10-8-17)21(15(2)24)16(3)25;1-6-2-4-7(5-3-6)11(8,9)10/h7-10,12,14H,5-6,11,13H2,1-4H3;2-5H,1H3,(H,8,9,10)/q+1;/p-1. The number of hydrogen-bond acceptors (Lipinski definition) is 7. The van der Waals surface area contributed by atoms with Gasteiger partial charge in [0.2, 0.25) is 0 Å². The first-order valence-electron chi connectivity index (χ1n) is 11.9. The Morgan fingerprint density at radius 2 is 1.58 bits per heavy atom. The Kier molecular flexibility index (Phi) is 11.8. The summed E-state index contributed by atoms with van der Waals surface area (Å²) in [5.41, 5.74) is 2.25. The second-order valence-electron chi connectivity index (χ2n) is 8.51. The molecule has 0 aliphatic rings. The molecule has 0 fully saturated rings. The van der Waals surface area contributed by atoms with Gasteiger partial charge >= 0.3 is 154 Å². The van der Waals surface area contributed by atoms with Gasteiger partial charge in [0.15, 0.2) is 0 Å². The first kappa shape index (κ1) is 31.3. The van der Waals surface area contributed by atoms with Crippen LogP contribution in [0, 0.1) is 10.5 Å². The zero-order chi connectivity index (χ0) is 28.5. The van der Waals surface area contributed by atoms with E-state index in [9.17, 15) is 27.4 Å². The fourth-order valence-corrected chi connectivity index (χ4v) is 7.72. The zero-order valence-electron chi connectivity index (χ0n) is 22.1. The molecule has 0 aliphatic carbocycles. The maximum atomic E-state index is 12.3. The van der Waals surface area contributed by atoms with Gasteiger partial charge in [-0.2, -0.15) is 0 Å². The smallest absolute Gasteiger partial charge is 0.124 e. The van der Waals surface area contributed by atoms with E-state index in [1.54, 1.807) is 36.4 Å². The normalized spacial score (nSPS) is 11.3. The third kappa shape index (κ3) is 9.44. The molecule has 2 aromatic carbocycles. The molecule has 1 heterocycles. The van der Waals surface area contributed by atoms with Gasteiger partial charge in [0.05, 0.1) is 4.90 Å². The molecule has 0 N–H and O–H groups in total. The first-order chi connectivity index (χ1) is 17.8. The number of carbonyl (C=O) groups is 3. The van der Waals surface area contributed by atoms with E-state index in [0.717, 1.165) is 34.2 Å². The van der Waals surface area contributed by atoms with Crippen LogP contribution in [0.3, 0.4) is 0 Å². The number of benzene rings is 2. The number of aromatic nitrogens is 2. The number of unbranched alkanes of at least 4 members (excludes halogenated alkanes) is 1. The zero-order valence-corrected chi connectivity index (χ0v) is 25.1. The predicted octanol–water partition coefficient (Wildman–Crippen LogP) is 4.14. The number of ether oxygens (including phenoxy) is 1. The Morgan fingerprint density at radius 1 is 1.00 bits per heavy atom. The summed E-state index contributed by atoms with van der Waals surface area (Å²) in [6.07, 6.45) is 6.20. The molecule has 0 atom stereocenters. The van der Waals surface area contributed by atoms with Crippen molar-refractivity contribution in [1.82, 2.24) is 4.57 Å². The monoisotopic (exact) mass is 656 g/mol. The predicted molar refractivity (Wildman–Crippen MR) is 149 cm³/mol. The van der Waals surface area contributed by atoms with Crippen LogP contribution in [-0.4, -0.2) is 31.1 Å². The minimum Gasteiger partial charge on any atom is -0.744 e. The van der Waals surface area contributed by atoms with E-state index in [4.69, 9.17) is 4.74 Å². The average Bonchev–Trinajstić information content (AvgIpc) is 3.20. The average molecular weight is 657 g/mol. The molecular weight excluding hydrogens is 623 g/mol. The van der Waals surface area contributed by atoms with Crippen molar-refractivity contribution in [3.05, 3.63) is 81.4 Å². The van der Waals surface area contributed by atoms with Crippen molar-refractivity contribution in [2.75, 3.05) is 0 Å². The van der Waals surface area contributed by atoms with Crippen LogP contribution in [0.4, 0.5) is 0 Å². The molecule has 9 nitrogen and oxygen atoms in total. The van der Waals surface area contributed by atoms with E-state index in [-0.39, 0.29) is 19.1 Å². The molecule has 0 radical (unpaired) electrons. The van der Waals surface area contributed by atoms with Crippen LogP contribution in [0.25, 0.3) is 0 Å². The fraction of sp³-hybridized carbons (Fsp3) is 0.333. The topological polar surface area (TPSA) is 126 Å². The molecule has 0 saturated carbocycles. The van der Waals surface area contributed by atoms with Crippen molar-refractivity contribution in [2.24, 2.45) is 7.05 Å². The molecule has 0 bridgehead atoms. The minimum atomic E-state index is -4.27. The second-order valence-corrected chi connectivity index (χ2v) is 15.8. The molecular formula is C27H33IN2O7S. The number of halogens is 1. The van der Waals surface area contributed by atoms with E-state index < -0.39 is 35.9 Å². The number of carbonyl (C=O) groups excluding carboxylic acids is 3.